The standard InChI is InChI=1S/C26H19BrN2O8/c27-19-8-4-17(5-9-19)26(33)37-22-10-6-16(7-11-22)23(30)15-36-25(32)18-12-24(31)28(14-18)20-2-1-3-21(13-20)29(34)35/h1-11,13,18H,12,14-15H2/t18-/m1/s1. The Bertz CT molecular complexity index is 1370. The van der Waals surface area contributed by atoms with Gasteiger partial charge in [0.2, 0.25) is 5.91 Å². The van der Waals surface area contributed by atoms with Crippen molar-refractivity contribution in [2.45, 2.75) is 6.42 Å². The van der Waals surface area contributed by atoms with Crippen molar-refractivity contribution in [1.82, 2.24) is 0 Å². The third-order valence-electron chi connectivity index (χ3n) is 5.62. The van der Waals surface area contributed by atoms with Crippen LogP contribution in [0, 0.1) is 16.0 Å². The average molecular weight is 567 g/mol. The Labute approximate surface area is 219 Å². The number of ketones is 1. The number of nitrogens with zero attached hydrogens (tertiary/aromatic N) is 2. The highest BCUT2D eigenvalue weighted by Crippen LogP contribution is 2.28. The molecule has 37 heavy (non-hydrogen) atoms. The molecule has 1 saturated heterocycles. The zero-order valence-corrected chi connectivity index (χ0v) is 20.8. The van der Waals surface area contributed by atoms with Gasteiger partial charge in [-0.3, -0.25) is 24.5 Å². The number of esters is 2. The molecule has 188 valence electrons. The lowest BCUT2D eigenvalue weighted by molar-refractivity contribution is -0.384. The van der Waals surface area contributed by atoms with Gasteiger partial charge in [-0.25, -0.2) is 4.79 Å². The molecule has 0 unspecified atom stereocenters. The van der Waals surface area contributed by atoms with Crippen LogP contribution in [-0.4, -0.2) is 41.7 Å². The summed E-state index contributed by atoms with van der Waals surface area (Å²) in [5, 5.41) is 11.0. The van der Waals surface area contributed by atoms with Gasteiger partial charge >= 0.3 is 11.9 Å². The largest absolute Gasteiger partial charge is 0.457 e. The summed E-state index contributed by atoms with van der Waals surface area (Å²) in [6.07, 6.45) is -0.131. The van der Waals surface area contributed by atoms with Crippen molar-refractivity contribution in [3.8, 4) is 5.75 Å². The number of nitro groups is 1. The number of nitro benzene ring substituents is 1. The monoisotopic (exact) mass is 566 g/mol. The highest BCUT2D eigenvalue weighted by atomic mass is 79.9. The summed E-state index contributed by atoms with van der Waals surface area (Å²) >= 11 is 3.29. The van der Waals surface area contributed by atoms with Crippen LogP contribution in [0.4, 0.5) is 11.4 Å². The normalized spacial score (nSPS) is 14.8. The van der Waals surface area contributed by atoms with Crippen LogP contribution in [0.1, 0.15) is 27.1 Å². The molecule has 3 aromatic rings. The summed E-state index contributed by atoms with van der Waals surface area (Å²) in [4.78, 5) is 61.3. The number of carbonyl (C=O) groups excluding carboxylic acids is 4. The number of hydrogen-bond donors (Lipinski definition) is 0. The van der Waals surface area contributed by atoms with Crippen LogP contribution in [0.3, 0.4) is 0 Å². The second-order valence-corrected chi connectivity index (χ2v) is 9.05. The first-order chi connectivity index (χ1) is 17.7. The van der Waals surface area contributed by atoms with E-state index in [1.54, 1.807) is 30.3 Å². The van der Waals surface area contributed by atoms with Crippen LogP contribution in [0.15, 0.2) is 77.3 Å². The third-order valence-corrected chi connectivity index (χ3v) is 6.15. The van der Waals surface area contributed by atoms with Crippen molar-refractivity contribution in [3.05, 3.63) is 98.5 Å². The predicted molar refractivity (Wildman–Crippen MR) is 134 cm³/mol. The highest BCUT2D eigenvalue weighted by molar-refractivity contribution is 9.10. The molecule has 1 fully saturated rings. The Morgan fingerprint density at radius 3 is 2.35 bits per heavy atom. The van der Waals surface area contributed by atoms with Crippen molar-refractivity contribution in [3.63, 3.8) is 0 Å². The molecule has 1 aliphatic heterocycles. The topological polar surface area (TPSA) is 133 Å². The molecule has 0 spiro atoms. The van der Waals surface area contributed by atoms with Crippen LogP contribution in [0.5, 0.6) is 5.75 Å². The molecular weight excluding hydrogens is 548 g/mol. The van der Waals surface area contributed by atoms with Crippen LogP contribution in [0.25, 0.3) is 0 Å². The van der Waals surface area contributed by atoms with Gasteiger partial charge in [-0.05, 0) is 54.6 Å². The van der Waals surface area contributed by atoms with Gasteiger partial charge in [0.1, 0.15) is 5.75 Å². The van der Waals surface area contributed by atoms with E-state index >= 15 is 0 Å². The van der Waals surface area contributed by atoms with E-state index in [2.05, 4.69) is 15.9 Å². The number of rotatable bonds is 8. The number of non-ortho nitro benzene ring substituents is 1. The minimum atomic E-state index is -0.806. The van der Waals surface area contributed by atoms with Gasteiger partial charge < -0.3 is 14.4 Å². The van der Waals surface area contributed by atoms with E-state index in [0.29, 0.717) is 11.3 Å². The summed E-state index contributed by atoms with van der Waals surface area (Å²) in [5.74, 6) is -2.67. The Kier molecular flexibility index (Phi) is 7.73. The smallest absolute Gasteiger partial charge is 0.343 e. The Morgan fingerprint density at radius 2 is 1.68 bits per heavy atom. The fourth-order valence-corrected chi connectivity index (χ4v) is 3.95. The molecule has 0 radical (unpaired) electrons. The molecule has 0 aliphatic carbocycles. The SMILES string of the molecule is O=C(COC(=O)[C@@H]1CC(=O)N(c2cccc([N+](=O)[O-])c2)C1)c1ccc(OC(=O)c2ccc(Br)cc2)cc1. The zero-order valence-electron chi connectivity index (χ0n) is 19.2. The van der Waals surface area contributed by atoms with Crippen molar-refractivity contribution >= 4 is 50.9 Å². The zero-order chi connectivity index (χ0) is 26.5. The first kappa shape index (κ1) is 25.7. The molecule has 0 bridgehead atoms. The van der Waals surface area contributed by atoms with Gasteiger partial charge in [-0.15, -0.1) is 0 Å². The first-order valence-corrected chi connectivity index (χ1v) is 11.8. The summed E-state index contributed by atoms with van der Waals surface area (Å²) in [6, 6.07) is 18.0. The molecule has 0 aromatic heterocycles. The van der Waals surface area contributed by atoms with E-state index in [-0.39, 0.29) is 35.9 Å². The third kappa shape index (κ3) is 6.25. The second-order valence-electron chi connectivity index (χ2n) is 8.13. The minimum absolute atomic E-state index is 0.00848. The number of benzene rings is 3. The number of hydrogen-bond acceptors (Lipinski definition) is 8. The lowest BCUT2D eigenvalue weighted by Crippen LogP contribution is -2.27. The van der Waals surface area contributed by atoms with Crippen LogP contribution >= 0.6 is 15.9 Å². The minimum Gasteiger partial charge on any atom is -0.457 e. The Balaban J connectivity index is 1.30. The molecule has 1 heterocycles. The first-order valence-electron chi connectivity index (χ1n) is 11.0. The molecule has 1 amide bonds. The van der Waals surface area contributed by atoms with Crippen LogP contribution in [0.2, 0.25) is 0 Å². The lowest BCUT2D eigenvalue weighted by atomic mass is 10.1. The summed E-state index contributed by atoms with van der Waals surface area (Å²) < 4.78 is 11.3. The Morgan fingerprint density at radius 1 is 1.00 bits per heavy atom. The van der Waals surface area contributed by atoms with Gasteiger partial charge in [0.15, 0.2) is 12.4 Å². The van der Waals surface area contributed by atoms with Gasteiger partial charge in [0, 0.05) is 35.1 Å². The molecule has 3 aromatic carbocycles. The second kappa shape index (κ2) is 11.1. The molecule has 0 N–H and O–H groups in total. The van der Waals surface area contributed by atoms with E-state index in [4.69, 9.17) is 9.47 Å². The van der Waals surface area contributed by atoms with E-state index < -0.39 is 35.2 Å². The van der Waals surface area contributed by atoms with Crippen LogP contribution < -0.4 is 9.64 Å². The van der Waals surface area contributed by atoms with E-state index in [1.807, 2.05) is 0 Å². The van der Waals surface area contributed by atoms with E-state index in [0.717, 1.165) is 4.47 Å². The van der Waals surface area contributed by atoms with Crippen molar-refractivity contribution in [2.75, 3.05) is 18.1 Å². The van der Waals surface area contributed by atoms with Gasteiger partial charge in [-0.1, -0.05) is 22.0 Å². The summed E-state index contributed by atoms with van der Waals surface area (Å²) in [6.45, 7) is -0.538. The highest BCUT2D eigenvalue weighted by Gasteiger charge is 2.36. The van der Waals surface area contributed by atoms with E-state index in [1.165, 1.54) is 47.4 Å². The maximum atomic E-state index is 12.5. The van der Waals surface area contributed by atoms with Crippen molar-refractivity contribution in [2.24, 2.45) is 5.92 Å². The van der Waals surface area contributed by atoms with Gasteiger partial charge in [-0.2, -0.15) is 0 Å². The lowest BCUT2D eigenvalue weighted by Gasteiger charge is -2.16. The number of ether oxygens (including phenoxy) is 2. The molecule has 11 heteroatoms. The molecule has 4 rings (SSSR count). The quantitative estimate of drug-likeness (QED) is 0.129. The number of anilines is 1. The maximum absolute atomic E-state index is 12.5. The number of halogens is 1. The summed E-state index contributed by atoms with van der Waals surface area (Å²) in [7, 11) is 0. The average Bonchev–Trinajstić information content (AvgIpc) is 3.29. The maximum Gasteiger partial charge on any atom is 0.343 e. The Hall–Kier alpha value is -4.38. The number of amides is 1. The molecule has 1 aliphatic rings. The van der Waals surface area contributed by atoms with E-state index in [9.17, 15) is 29.3 Å². The molecule has 1 atom stereocenters. The predicted octanol–water partition coefficient (Wildman–Crippen LogP) is 4.36. The van der Waals surface area contributed by atoms with Gasteiger partial charge in [0.25, 0.3) is 5.69 Å². The summed E-state index contributed by atoms with van der Waals surface area (Å²) in [5.41, 5.74) is 0.754. The van der Waals surface area contributed by atoms with Crippen molar-refractivity contribution < 1.29 is 33.6 Å². The molecule has 10 nitrogen and oxygen atoms in total. The molecule has 0 saturated carbocycles. The van der Waals surface area contributed by atoms with Crippen LogP contribution in [-0.2, 0) is 14.3 Å². The fraction of sp³-hybridized carbons (Fsp3) is 0.154. The molecular formula is C26H19BrN2O8. The van der Waals surface area contributed by atoms with Crippen molar-refractivity contribution in [1.29, 1.82) is 0 Å². The van der Waals surface area contributed by atoms with Gasteiger partial charge in [0.05, 0.1) is 22.1 Å². The number of Topliss-reactive ketones (excluding diaryl/α,β-unsaturated/α-hetero) is 1. The number of carbonyl (C=O) groups is 4. The fourth-order valence-electron chi connectivity index (χ4n) is 3.69.